The van der Waals surface area contributed by atoms with Crippen molar-refractivity contribution in [1.29, 1.82) is 0 Å². The molecule has 2 heteroatoms. The van der Waals surface area contributed by atoms with Gasteiger partial charge in [-0.1, -0.05) is 26.0 Å². The van der Waals surface area contributed by atoms with E-state index in [1.54, 1.807) is 0 Å². The number of nitrogens with two attached hydrogens (primary N) is 1. The highest BCUT2D eigenvalue weighted by Crippen LogP contribution is 2.12. The molecule has 0 aliphatic heterocycles. The molecule has 0 unspecified atom stereocenters. The van der Waals surface area contributed by atoms with Crippen molar-refractivity contribution in [3.8, 4) is 0 Å². The summed E-state index contributed by atoms with van der Waals surface area (Å²) in [6, 6.07) is 8.18. The molecule has 0 saturated carbocycles. The summed E-state index contributed by atoms with van der Waals surface area (Å²) in [4.78, 5) is 0. The molecular weight excluding hydrogens is 190 g/mol. The number of hydrogen-bond donors (Lipinski definition) is 1. The van der Waals surface area contributed by atoms with Gasteiger partial charge in [0.2, 0.25) is 0 Å². The van der Waals surface area contributed by atoms with Gasteiger partial charge in [0.25, 0.3) is 0 Å². The maximum atomic E-state index is 5.62. The van der Waals surface area contributed by atoms with Gasteiger partial charge >= 0.3 is 0 Å². The van der Waals surface area contributed by atoms with Crippen LogP contribution in [0.3, 0.4) is 0 Å². The lowest BCUT2D eigenvalue weighted by atomic mass is 10.2. The minimum absolute atomic E-state index is 0.798. The van der Waals surface area contributed by atoms with Crippen molar-refractivity contribution in [2.24, 2.45) is 5.92 Å². The molecule has 78 valence electrons. The van der Waals surface area contributed by atoms with E-state index >= 15 is 0 Å². The van der Waals surface area contributed by atoms with Crippen LogP contribution in [-0.4, -0.2) is 11.5 Å². The van der Waals surface area contributed by atoms with Crippen LogP contribution in [-0.2, 0) is 6.42 Å². The highest BCUT2D eigenvalue weighted by molar-refractivity contribution is 7.99. The van der Waals surface area contributed by atoms with Crippen LogP contribution >= 0.6 is 11.8 Å². The van der Waals surface area contributed by atoms with Crippen LogP contribution in [0, 0.1) is 5.92 Å². The highest BCUT2D eigenvalue weighted by Gasteiger charge is 1.96. The number of rotatable bonds is 5. The Kier molecular flexibility index (Phi) is 4.88. The Labute approximate surface area is 91.1 Å². The summed E-state index contributed by atoms with van der Waals surface area (Å²) in [7, 11) is 0. The average Bonchev–Trinajstić information content (AvgIpc) is 2.15. The van der Waals surface area contributed by atoms with Crippen LogP contribution in [0.4, 0.5) is 5.69 Å². The van der Waals surface area contributed by atoms with Gasteiger partial charge < -0.3 is 5.73 Å². The summed E-state index contributed by atoms with van der Waals surface area (Å²) in [5, 5.41) is 0. The largest absolute Gasteiger partial charge is 0.399 e. The molecule has 0 bridgehead atoms. The lowest BCUT2D eigenvalue weighted by molar-refractivity contribution is 0.750. The molecule has 0 fully saturated rings. The molecule has 1 nitrogen and oxygen atoms in total. The first kappa shape index (κ1) is 11.4. The zero-order valence-corrected chi connectivity index (χ0v) is 9.81. The van der Waals surface area contributed by atoms with Crippen LogP contribution in [0.25, 0.3) is 0 Å². The van der Waals surface area contributed by atoms with E-state index in [4.69, 9.17) is 5.73 Å². The Bertz CT molecular complexity index is 254. The fourth-order valence-corrected chi connectivity index (χ4v) is 2.21. The Morgan fingerprint density at radius 2 is 1.86 bits per heavy atom. The summed E-state index contributed by atoms with van der Waals surface area (Å²) in [6.45, 7) is 4.52. The van der Waals surface area contributed by atoms with Crippen molar-refractivity contribution in [3.63, 3.8) is 0 Å². The van der Waals surface area contributed by atoms with Gasteiger partial charge in [0.15, 0.2) is 0 Å². The molecule has 0 spiro atoms. The van der Waals surface area contributed by atoms with E-state index in [1.165, 1.54) is 17.1 Å². The Balaban J connectivity index is 2.21. The minimum Gasteiger partial charge on any atom is -0.399 e. The number of anilines is 1. The maximum Gasteiger partial charge on any atom is 0.0314 e. The Morgan fingerprint density at radius 3 is 2.43 bits per heavy atom. The number of nitrogen functional groups attached to an aromatic ring is 1. The van der Waals surface area contributed by atoms with E-state index < -0.39 is 0 Å². The number of aryl methyl sites for hydroxylation is 1. The minimum atomic E-state index is 0.798. The van der Waals surface area contributed by atoms with Crippen LogP contribution in [0.15, 0.2) is 24.3 Å². The molecule has 0 aliphatic rings. The van der Waals surface area contributed by atoms with E-state index in [1.807, 2.05) is 23.9 Å². The van der Waals surface area contributed by atoms with E-state index in [0.717, 1.165) is 18.0 Å². The average molecular weight is 209 g/mol. The first-order valence-electron chi connectivity index (χ1n) is 5.10. The second-order valence-corrected chi connectivity index (χ2v) is 5.11. The van der Waals surface area contributed by atoms with Gasteiger partial charge in [-0.3, -0.25) is 0 Å². The van der Waals surface area contributed by atoms with Crippen LogP contribution in [0.5, 0.6) is 0 Å². The van der Waals surface area contributed by atoms with E-state index in [9.17, 15) is 0 Å². The fourth-order valence-electron chi connectivity index (χ4n) is 1.19. The van der Waals surface area contributed by atoms with Crippen molar-refractivity contribution in [3.05, 3.63) is 29.8 Å². The Morgan fingerprint density at radius 1 is 1.21 bits per heavy atom. The molecule has 1 aromatic rings. The summed E-state index contributed by atoms with van der Waals surface area (Å²) >= 11 is 2.03. The number of thioether (sulfide) groups is 1. The van der Waals surface area contributed by atoms with Crippen LogP contribution < -0.4 is 5.73 Å². The lowest BCUT2D eigenvalue weighted by Crippen LogP contribution is -1.95. The van der Waals surface area contributed by atoms with Crippen LogP contribution in [0.2, 0.25) is 0 Å². The molecule has 1 aromatic carbocycles. The molecule has 2 N–H and O–H groups in total. The highest BCUT2D eigenvalue weighted by atomic mass is 32.2. The van der Waals surface area contributed by atoms with Crippen molar-refractivity contribution in [2.45, 2.75) is 20.3 Å². The summed E-state index contributed by atoms with van der Waals surface area (Å²) in [5.74, 6) is 3.27. The summed E-state index contributed by atoms with van der Waals surface area (Å²) in [5.41, 5.74) is 7.85. The number of hydrogen-bond acceptors (Lipinski definition) is 2. The normalized spacial score (nSPS) is 10.8. The molecule has 0 amide bonds. The standard InChI is InChI=1S/C12H19NS/c1-10(2)9-14-8-7-11-3-5-12(13)6-4-11/h3-6,10H,7-9,13H2,1-2H3. The second-order valence-electron chi connectivity index (χ2n) is 3.96. The monoisotopic (exact) mass is 209 g/mol. The summed E-state index contributed by atoms with van der Waals surface area (Å²) in [6.07, 6.45) is 1.15. The second kappa shape index (κ2) is 5.97. The van der Waals surface area contributed by atoms with Gasteiger partial charge in [0.1, 0.15) is 0 Å². The first-order valence-corrected chi connectivity index (χ1v) is 6.26. The third kappa shape index (κ3) is 4.56. The van der Waals surface area contributed by atoms with Crippen molar-refractivity contribution in [1.82, 2.24) is 0 Å². The first-order chi connectivity index (χ1) is 6.68. The molecular formula is C12H19NS. The predicted molar refractivity (Wildman–Crippen MR) is 66.7 cm³/mol. The zero-order chi connectivity index (χ0) is 10.4. The summed E-state index contributed by atoms with van der Waals surface area (Å²) < 4.78 is 0. The molecule has 0 aliphatic carbocycles. The predicted octanol–water partition coefficient (Wildman–Crippen LogP) is 3.20. The third-order valence-electron chi connectivity index (χ3n) is 1.97. The Hall–Kier alpha value is -0.630. The smallest absolute Gasteiger partial charge is 0.0314 e. The SMILES string of the molecule is CC(C)CSCCc1ccc(N)cc1. The molecule has 0 atom stereocenters. The van der Waals surface area contributed by atoms with E-state index in [0.29, 0.717) is 0 Å². The van der Waals surface area contributed by atoms with Gasteiger partial charge in [0, 0.05) is 5.69 Å². The fraction of sp³-hybridized carbons (Fsp3) is 0.500. The number of benzene rings is 1. The molecule has 1 rings (SSSR count). The van der Waals surface area contributed by atoms with Crippen molar-refractivity contribution >= 4 is 17.4 Å². The van der Waals surface area contributed by atoms with Gasteiger partial charge in [-0.2, -0.15) is 11.8 Å². The van der Waals surface area contributed by atoms with Gasteiger partial charge in [0.05, 0.1) is 0 Å². The van der Waals surface area contributed by atoms with E-state index in [-0.39, 0.29) is 0 Å². The zero-order valence-electron chi connectivity index (χ0n) is 8.99. The third-order valence-corrected chi connectivity index (χ3v) is 3.36. The maximum absolute atomic E-state index is 5.62. The lowest BCUT2D eigenvalue weighted by Gasteiger charge is -2.04. The topological polar surface area (TPSA) is 26.0 Å². The van der Waals surface area contributed by atoms with Gasteiger partial charge in [-0.05, 0) is 41.5 Å². The molecule has 0 saturated heterocycles. The molecule has 0 radical (unpaired) electrons. The quantitative estimate of drug-likeness (QED) is 0.595. The van der Waals surface area contributed by atoms with Crippen molar-refractivity contribution in [2.75, 3.05) is 17.2 Å². The van der Waals surface area contributed by atoms with E-state index in [2.05, 4.69) is 26.0 Å². The molecule has 0 heterocycles. The van der Waals surface area contributed by atoms with Crippen LogP contribution in [0.1, 0.15) is 19.4 Å². The molecule has 0 aromatic heterocycles. The van der Waals surface area contributed by atoms with Gasteiger partial charge in [-0.15, -0.1) is 0 Å². The van der Waals surface area contributed by atoms with Crippen molar-refractivity contribution < 1.29 is 0 Å². The molecule has 14 heavy (non-hydrogen) atoms. The van der Waals surface area contributed by atoms with Gasteiger partial charge in [-0.25, -0.2) is 0 Å².